The maximum atomic E-state index is 10.9. The van der Waals surface area contributed by atoms with Crippen LogP contribution in [0.5, 0.6) is 0 Å². The predicted octanol–water partition coefficient (Wildman–Crippen LogP) is -0.0867. The van der Waals surface area contributed by atoms with Crippen molar-refractivity contribution in [2.45, 2.75) is 18.9 Å². The van der Waals surface area contributed by atoms with Gasteiger partial charge in [0.1, 0.15) is 0 Å². The summed E-state index contributed by atoms with van der Waals surface area (Å²) in [5.41, 5.74) is 5.79. The highest BCUT2D eigenvalue weighted by Gasteiger charge is 2.24. The zero-order valence-electron chi connectivity index (χ0n) is 7.29. The minimum absolute atomic E-state index is 0.0813. The summed E-state index contributed by atoms with van der Waals surface area (Å²) in [6.07, 6.45) is 1.21. The summed E-state index contributed by atoms with van der Waals surface area (Å²) in [6, 6.07) is 0.0813. The molecule has 0 spiro atoms. The highest BCUT2D eigenvalue weighted by Crippen LogP contribution is 2.16. The number of carbonyl (C=O) groups excluding carboxylic acids is 1. The molecule has 1 heterocycles. The van der Waals surface area contributed by atoms with Crippen molar-refractivity contribution in [1.82, 2.24) is 0 Å². The molecule has 12 heavy (non-hydrogen) atoms. The standard InChI is InChI=1S/C8H15NO3/c1-11-8(10)4-6-5-12-3-2-7(6)9/h6-7H,2-5,9H2,1H3/t6-,7-/m0/s1. The first-order chi connectivity index (χ1) is 5.74. The molecule has 1 fully saturated rings. The van der Waals surface area contributed by atoms with Gasteiger partial charge in [0.25, 0.3) is 0 Å². The van der Waals surface area contributed by atoms with Crippen LogP contribution in [0.2, 0.25) is 0 Å². The van der Waals surface area contributed by atoms with Crippen LogP contribution in [0.25, 0.3) is 0 Å². The number of hydrogen-bond acceptors (Lipinski definition) is 4. The van der Waals surface area contributed by atoms with Crippen molar-refractivity contribution >= 4 is 5.97 Å². The fourth-order valence-electron chi connectivity index (χ4n) is 1.32. The predicted molar refractivity (Wildman–Crippen MR) is 43.5 cm³/mol. The van der Waals surface area contributed by atoms with Crippen LogP contribution in [0, 0.1) is 5.92 Å². The molecule has 0 amide bonds. The number of esters is 1. The lowest BCUT2D eigenvalue weighted by Gasteiger charge is -2.27. The first-order valence-electron chi connectivity index (χ1n) is 4.14. The lowest BCUT2D eigenvalue weighted by Crippen LogP contribution is -2.39. The minimum Gasteiger partial charge on any atom is -0.469 e. The van der Waals surface area contributed by atoms with Crippen LogP contribution in [-0.4, -0.2) is 32.3 Å². The third-order valence-electron chi connectivity index (χ3n) is 2.19. The van der Waals surface area contributed by atoms with Crippen molar-refractivity contribution in [3.8, 4) is 0 Å². The average Bonchev–Trinajstić information content (AvgIpc) is 2.09. The van der Waals surface area contributed by atoms with Gasteiger partial charge in [0.15, 0.2) is 0 Å². The second-order valence-corrected chi connectivity index (χ2v) is 3.07. The van der Waals surface area contributed by atoms with Crippen LogP contribution in [0.15, 0.2) is 0 Å². The maximum Gasteiger partial charge on any atom is 0.305 e. The summed E-state index contributed by atoms with van der Waals surface area (Å²) >= 11 is 0. The molecule has 0 unspecified atom stereocenters. The van der Waals surface area contributed by atoms with E-state index in [1.165, 1.54) is 7.11 Å². The Morgan fingerprint density at radius 2 is 2.50 bits per heavy atom. The number of ether oxygens (including phenoxy) is 2. The molecule has 0 bridgehead atoms. The summed E-state index contributed by atoms with van der Waals surface area (Å²) in [6.45, 7) is 1.29. The fourth-order valence-corrected chi connectivity index (χ4v) is 1.32. The van der Waals surface area contributed by atoms with Gasteiger partial charge >= 0.3 is 5.97 Å². The molecular formula is C8H15NO3. The monoisotopic (exact) mass is 173 g/mol. The summed E-state index contributed by atoms with van der Waals surface area (Å²) in [5, 5.41) is 0. The van der Waals surface area contributed by atoms with Crippen LogP contribution in [-0.2, 0) is 14.3 Å². The Bertz CT molecular complexity index is 160. The normalized spacial score (nSPS) is 29.8. The number of rotatable bonds is 2. The van der Waals surface area contributed by atoms with E-state index in [9.17, 15) is 4.79 Å². The van der Waals surface area contributed by atoms with Gasteiger partial charge in [-0.15, -0.1) is 0 Å². The zero-order valence-corrected chi connectivity index (χ0v) is 7.29. The molecule has 2 atom stereocenters. The van der Waals surface area contributed by atoms with E-state index in [2.05, 4.69) is 4.74 Å². The second-order valence-electron chi connectivity index (χ2n) is 3.07. The summed E-state index contributed by atoms with van der Waals surface area (Å²) in [4.78, 5) is 10.9. The summed E-state index contributed by atoms with van der Waals surface area (Å²) < 4.78 is 9.76. The first-order valence-corrected chi connectivity index (χ1v) is 4.14. The molecule has 4 nitrogen and oxygen atoms in total. The molecule has 1 aliphatic rings. The molecule has 0 aromatic rings. The van der Waals surface area contributed by atoms with E-state index in [-0.39, 0.29) is 17.9 Å². The van der Waals surface area contributed by atoms with Gasteiger partial charge in [0, 0.05) is 18.6 Å². The molecule has 0 radical (unpaired) electrons. The van der Waals surface area contributed by atoms with E-state index >= 15 is 0 Å². The molecule has 4 heteroatoms. The molecular weight excluding hydrogens is 158 g/mol. The lowest BCUT2D eigenvalue weighted by atomic mass is 9.94. The average molecular weight is 173 g/mol. The quantitative estimate of drug-likeness (QED) is 0.593. The van der Waals surface area contributed by atoms with Gasteiger partial charge < -0.3 is 15.2 Å². The van der Waals surface area contributed by atoms with Crippen molar-refractivity contribution in [3.63, 3.8) is 0 Å². The Hall–Kier alpha value is -0.610. The van der Waals surface area contributed by atoms with Gasteiger partial charge in [-0.05, 0) is 6.42 Å². The molecule has 1 rings (SSSR count). The van der Waals surface area contributed by atoms with Crippen LogP contribution in [0.3, 0.4) is 0 Å². The summed E-state index contributed by atoms with van der Waals surface area (Å²) in [5.74, 6) is -0.0767. The van der Waals surface area contributed by atoms with Crippen LogP contribution in [0.4, 0.5) is 0 Å². The highest BCUT2D eigenvalue weighted by atomic mass is 16.5. The number of methoxy groups -OCH3 is 1. The fraction of sp³-hybridized carbons (Fsp3) is 0.875. The molecule has 2 N–H and O–H groups in total. The smallest absolute Gasteiger partial charge is 0.305 e. The third-order valence-corrected chi connectivity index (χ3v) is 2.19. The molecule has 0 aliphatic carbocycles. The van der Waals surface area contributed by atoms with Gasteiger partial charge in [-0.2, -0.15) is 0 Å². The first kappa shape index (κ1) is 9.48. The Morgan fingerprint density at radius 1 is 1.75 bits per heavy atom. The third kappa shape index (κ3) is 2.46. The van der Waals surface area contributed by atoms with Crippen molar-refractivity contribution in [1.29, 1.82) is 0 Å². The van der Waals surface area contributed by atoms with Crippen LogP contribution in [0.1, 0.15) is 12.8 Å². The zero-order chi connectivity index (χ0) is 8.97. The van der Waals surface area contributed by atoms with Crippen molar-refractivity contribution in [2.24, 2.45) is 11.7 Å². The van der Waals surface area contributed by atoms with Crippen LogP contribution < -0.4 is 5.73 Å². The molecule has 1 aliphatic heterocycles. The topological polar surface area (TPSA) is 61.5 Å². The van der Waals surface area contributed by atoms with E-state index in [1.807, 2.05) is 0 Å². The second kappa shape index (κ2) is 4.42. The van der Waals surface area contributed by atoms with E-state index in [1.54, 1.807) is 0 Å². The van der Waals surface area contributed by atoms with Gasteiger partial charge in [0.2, 0.25) is 0 Å². The number of hydrogen-bond donors (Lipinski definition) is 1. The van der Waals surface area contributed by atoms with E-state index in [0.717, 1.165) is 6.42 Å². The lowest BCUT2D eigenvalue weighted by molar-refractivity contribution is -0.143. The highest BCUT2D eigenvalue weighted by molar-refractivity contribution is 5.69. The Morgan fingerprint density at radius 3 is 3.08 bits per heavy atom. The van der Waals surface area contributed by atoms with Gasteiger partial charge in [0.05, 0.1) is 20.1 Å². The molecule has 70 valence electrons. The SMILES string of the molecule is COC(=O)C[C@H]1COCC[C@@H]1N. The van der Waals surface area contributed by atoms with Gasteiger partial charge in [-0.1, -0.05) is 0 Å². The molecule has 1 saturated heterocycles. The molecule has 0 aromatic carbocycles. The van der Waals surface area contributed by atoms with Gasteiger partial charge in [-0.3, -0.25) is 4.79 Å². The van der Waals surface area contributed by atoms with E-state index < -0.39 is 0 Å². The maximum absolute atomic E-state index is 10.9. The number of carbonyl (C=O) groups is 1. The Labute approximate surface area is 72.0 Å². The Kier molecular flexibility index (Phi) is 3.49. The van der Waals surface area contributed by atoms with Gasteiger partial charge in [-0.25, -0.2) is 0 Å². The minimum atomic E-state index is -0.207. The van der Waals surface area contributed by atoms with Crippen molar-refractivity contribution < 1.29 is 14.3 Å². The Balaban J connectivity index is 2.33. The van der Waals surface area contributed by atoms with Crippen molar-refractivity contribution in [2.75, 3.05) is 20.3 Å². The van der Waals surface area contributed by atoms with Crippen molar-refractivity contribution in [3.05, 3.63) is 0 Å². The molecule has 0 aromatic heterocycles. The van der Waals surface area contributed by atoms with E-state index in [0.29, 0.717) is 19.6 Å². The number of nitrogens with two attached hydrogens (primary N) is 1. The molecule has 0 saturated carbocycles. The van der Waals surface area contributed by atoms with Crippen LogP contribution >= 0.6 is 0 Å². The summed E-state index contributed by atoms with van der Waals surface area (Å²) in [7, 11) is 1.39. The largest absolute Gasteiger partial charge is 0.469 e. The van der Waals surface area contributed by atoms with E-state index in [4.69, 9.17) is 10.5 Å².